The number of rotatable bonds is 73. The van der Waals surface area contributed by atoms with Gasteiger partial charge in [0, 0.05) is 25.7 Å². The van der Waals surface area contributed by atoms with Crippen LogP contribution < -0.4 is 0 Å². The highest BCUT2D eigenvalue weighted by Gasteiger charge is 2.30. The minimum Gasteiger partial charge on any atom is -0.462 e. The molecule has 0 spiro atoms. The predicted molar refractivity (Wildman–Crippen MR) is 381 cm³/mol. The van der Waals surface area contributed by atoms with Crippen molar-refractivity contribution in [3.05, 3.63) is 0 Å². The Morgan fingerprint density at radius 3 is 0.809 bits per heavy atom. The number of phosphoric ester groups is 2. The van der Waals surface area contributed by atoms with Crippen molar-refractivity contribution < 1.29 is 80.2 Å². The molecule has 0 aliphatic heterocycles. The average Bonchev–Trinajstić information content (AvgIpc) is 1.41. The fourth-order valence-corrected chi connectivity index (χ4v) is 12.9. The maximum absolute atomic E-state index is 13.1. The van der Waals surface area contributed by atoms with Crippen LogP contribution in [0.5, 0.6) is 0 Å². The number of carbonyl (C=O) groups excluding carboxylic acids is 4. The Morgan fingerprint density at radius 2 is 0.543 bits per heavy atom. The Hall–Kier alpha value is -1.94. The van der Waals surface area contributed by atoms with Crippen molar-refractivity contribution in [2.24, 2.45) is 17.8 Å². The number of carbonyl (C=O) groups is 4. The molecule has 0 fully saturated rings. The van der Waals surface area contributed by atoms with E-state index in [2.05, 4.69) is 48.5 Å². The van der Waals surface area contributed by atoms with Crippen molar-refractivity contribution in [3.8, 4) is 0 Å². The zero-order chi connectivity index (χ0) is 69.4. The summed E-state index contributed by atoms with van der Waals surface area (Å²) in [5, 5.41) is 10.6. The maximum Gasteiger partial charge on any atom is 0.472 e. The third kappa shape index (κ3) is 66.0. The van der Waals surface area contributed by atoms with Crippen molar-refractivity contribution in [1.29, 1.82) is 0 Å². The van der Waals surface area contributed by atoms with Crippen molar-refractivity contribution in [2.75, 3.05) is 39.6 Å². The third-order valence-corrected chi connectivity index (χ3v) is 20.0. The molecular weight excluding hydrogens is 1230 g/mol. The number of esters is 4. The second kappa shape index (κ2) is 65.7. The number of phosphoric acid groups is 2. The normalized spacial score (nSPS) is 14.7. The lowest BCUT2D eigenvalue weighted by Crippen LogP contribution is -2.30. The Balaban J connectivity index is 5.26. The van der Waals surface area contributed by atoms with Gasteiger partial charge in [0.15, 0.2) is 12.2 Å². The fourth-order valence-electron chi connectivity index (χ4n) is 11.4. The van der Waals surface area contributed by atoms with E-state index in [9.17, 15) is 43.2 Å². The van der Waals surface area contributed by atoms with Gasteiger partial charge >= 0.3 is 39.5 Å². The van der Waals surface area contributed by atoms with Crippen molar-refractivity contribution in [2.45, 2.75) is 401 Å². The van der Waals surface area contributed by atoms with Gasteiger partial charge in [-0.15, -0.1) is 0 Å². The van der Waals surface area contributed by atoms with Crippen LogP contribution in [0.2, 0.25) is 0 Å². The van der Waals surface area contributed by atoms with Gasteiger partial charge in [0.1, 0.15) is 19.3 Å². The van der Waals surface area contributed by atoms with Gasteiger partial charge in [0.05, 0.1) is 26.4 Å². The molecule has 7 atom stereocenters. The zero-order valence-corrected chi connectivity index (χ0v) is 63.2. The Kier molecular flexibility index (Phi) is 64.3. The molecule has 0 heterocycles. The third-order valence-electron chi connectivity index (χ3n) is 18.1. The molecule has 19 heteroatoms. The Labute approximate surface area is 575 Å². The monoisotopic (exact) mass is 1380 g/mol. The first-order valence-electron chi connectivity index (χ1n) is 38.9. The first-order valence-corrected chi connectivity index (χ1v) is 41.9. The minimum atomic E-state index is -4.96. The Bertz CT molecular complexity index is 1840. The molecule has 4 unspecified atom stereocenters. The number of aliphatic hydroxyl groups excluding tert-OH is 1. The van der Waals surface area contributed by atoms with Crippen LogP contribution in [0, 0.1) is 17.8 Å². The molecule has 0 aromatic rings. The van der Waals surface area contributed by atoms with Crippen molar-refractivity contribution in [3.63, 3.8) is 0 Å². The topological polar surface area (TPSA) is 237 Å². The van der Waals surface area contributed by atoms with E-state index in [1.54, 1.807) is 0 Å². The van der Waals surface area contributed by atoms with E-state index >= 15 is 0 Å². The maximum atomic E-state index is 13.1. The number of unbranched alkanes of at least 4 members (excludes halogenated alkanes) is 39. The summed E-state index contributed by atoms with van der Waals surface area (Å²) >= 11 is 0. The smallest absolute Gasteiger partial charge is 0.462 e. The average molecular weight is 1380 g/mol. The highest BCUT2D eigenvalue weighted by Crippen LogP contribution is 2.45. The number of hydrogen-bond acceptors (Lipinski definition) is 15. The summed E-state index contributed by atoms with van der Waals surface area (Å²) in [6.45, 7) is 11.9. The van der Waals surface area contributed by atoms with E-state index in [0.717, 1.165) is 114 Å². The lowest BCUT2D eigenvalue weighted by atomic mass is 9.99. The number of hydrogen-bond donors (Lipinski definition) is 3. The fraction of sp³-hybridized carbons (Fsp3) is 0.947. The van der Waals surface area contributed by atoms with E-state index in [1.807, 2.05) is 0 Å². The molecule has 0 aromatic carbocycles. The first-order chi connectivity index (χ1) is 45.3. The zero-order valence-electron chi connectivity index (χ0n) is 61.4. The van der Waals surface area contributed by atoms with Crippen molar-refractivity contribution in [1.82, 2.24) is 0 Å². The Morgan fingerprint density at radius 1 is 0.309 bits per heavy atom. The van der Waals surface area contributed by atoms with Crippen LogP contribution in [-0.2, 0) is 65.4 Å². The predicted octanol–water partition coefficient (Wildman–Crippen LogP) is 21.8. The van der Waals surface area contributed by atoms with Crippen LogP contribution in [0.3, 0.4) is 0 Å². The molecule has 0 radical (unpaired) electrons. The second-order valence-corrected chi connectivity index (χ2v) is 30.9. The summed E-state index contributed by atoms with van der Waals surface area (Å²) in [6.07, 6.45) is 51.3. The van der Waals surface area contributed by atoms with Crippen LogP contribution in [0.1, 0.15) is 382 Å². The molecule has 0 aromatic heterocycles. The molecule has 17 nitrogen and oxygen atoms in total. The van der Waals surface area contributed by atoms with E-state index in [0.29, 0.717) is 25.7 Å². The van der Waals surface area contributed by atoms with Crippen LogP contribution >= 0.6 is 15.6 Å². The summed E-state index contributed by atoms with van der Waals surface area (Å²) in [7, 11) is -9.91. The quantitative estimate of drug-likeness (QED) is 0.0222. The van der Waals surface area contributed by atoms with Gasteiger partial charge in [0.2, 0.25) is 0 Å². The molecule has 0 bridgehead atoms. The summed E-state index contributed by atoms with van der Waals surface area (Å²) < 4.78 is 68.5. The van der Waals surface area contributed by atoms with Crippen LogP contribution in [0.25, 0.3) is 0 Å². The molecule has 0 saturated carbocycles. The molecule has 0 rings (SSSR count). The standard InChI is InChI=1S/C75H146O17P2/c1-8-11-12-13-14-15-16-17-18-19-22-25-28-34-42-49-56-72(77)85-62-70(91-74(79)58-51-44-35-29-26-23-20-21-24-27-32-39-46-53-66(4)5)64-89-93(81,82)87-60-69(76)61-88-94(83,84)90-65-71(63-86-73(78)57-50-43-38-37-41-48-55-68(7)10-3)92-75(80)59-52-45-36-31-30-33-40-47-54-67(6)9-2/h66-71,76H,8-65H2,1-7H3,(H,81,82)(H,83,84)/t67?,68?,69-,70-,71-/m1/s1. The van der Waals surface area contributed by atoms with Gasteiger partial charge in [-0.2, -0.15) is 0 Å². The van der Waals surface area contributed by atoms with Gasteiger partial charge in [-0.1, -0.05) is 331 Å². The van der Waals surface area contributed by atoms with Gasteiger partial charge < -0.3 is 33.8 Å². The molecule has 0 aliphatic rings. The van der Waals surface area contributed by atoms with E-state index in [1.165, 1.54) is 186 Å². The molecule has 0 saturated heterocycles. The lowest BCUT2D eigenvalue weighted by molar-refractivity contribution is -0.161. The molecular formula is C75H146O17P2. The van der Waals surface area contributed by atoms with Gasteiger partial charge in [0.25, 0.3) is 0 Å². The highest BCUT2D eigenvalue weighted by atomic mass is 31.2. The molecule has 94 heavy (non-hydrogen) atoms. The summed E-state index contributed by atoms with van der Waals surface area (Å²) in [4.78, 5) is 72.8. The van der Waals surface area contributed by atoms with Gasteiger partial charge in [-0.25, -0.2) is 9.13 Å². The molecule has 0 aliphatic carbocycles. The van der Waals surface area contributed by atoms with Crippen LogP contribution in [0.15, 0.2) is 0 Å². The highest BCUT2D eigenvalue weighted by molar-refractivity contribution is 7.47. The number of aliphatic hydroxyl groups is 1. The summed E-state index contributed by atoms with van der Waals surface area (Å²) in [6, 6.07) is 0. The van der Waals surface area contributed by atoms with E-state index in [4.69, 9.17) is 37.0 Å². The summed E-state index contributed by atoms with van der Waals surface area (Å²) in [5.74, 6) is 0.166. The molecule has 558 valence electrons. The molecule has 0 amide bonds. The van der Waals surface area contributed by atoms with E-state index < -0.39 is 97.5 Å². The SMILES string of the molecule is CCCCCCCCCCCCCCCCCCC(=O)OC[C@H](COP(=O)(O)OC[C@@H](O)COP(=O)(O)OC[C@@H](COC(=O)CCCCCCCCC(C)CC)OC(=O)CCCCCCCCCCC(C)CC)OC(=O)CCCCCCCCCCCCCCCC(C)C. The van der Waals surface area contributed by atoms with Crippen LogP contribution in [0.4, 0.5) is 0 Å². The number of ether oxygens (including phenoxy) is 4. The molecule has 3 N–H and O–H groups in total. The minimum absolute atomic E-state index is 0.104. The van der Waals surface area contributed by atoms with Gasteiger partial charge in [-0.3, -0.25) is 37.3 Å². The largest absolute Gasteiger partial charge is 0.472 e. The second-order valence-electron chi connectivity index (χ2n) is 28.0. The van der Waals surface area contributed by atoms with Crippen LogP contribution in [-0.4, -0.2) is 96.7 Å². The summed E-state index contributed by atoms with van der Waals surface area (Å²) in [5.41, 5.74) is 0. The van der Waals surface area contributed by atoms with Gasteiger partial charge in [-0.05, 0) is 43.4 Å². The lowest BCUT2D eigenvalue weighted by Gasteiger charge is -2.21. The van der Waals surface area contributed by atoms with E-state index in [-0.39, 0.29) is 25.7 Å². The first kappa shape index (κ1) is 92.1. The van der Waals surface area contributed by atoms with Crippen molar-refractivity contribution >= 4 is 39.5 Å².